The van der Waals surface area contributed by atoms with Crippen LogP contribution < -0.4 is 19.5 Å². The smallest absolute Gasteiger partial charge is 0.248 e. The van der Waals surface area contributed by atoms with E-state index in [9.17, 15) is 4.79 Å². The van der Waals surface area contributed by atoms with Gasteiger partial charge in [-0.05, 0) is 43.2 Å². The number of hydrogen-bond acceptors (Lipinski definition) is 5. The summed E-state index contributed by atoms with van der Waals surface area (Å²) in [4.78, 5) is 12.3. The zero-order valence-corrected chi connectivity index (χ0v) is 16.1. The lowest BCUT2D eigenvalue weighted by Gasteiger charge is -2.12. The lowest BCUT2D eigenvalue weighted by atomic mass is 10.1. The summed E-state index contributed by atoms with van der Waals surface area (Å²) in [6.07, 6.45) is 5.42. The van der Waals surface area contributed by atoms with E-state index in [-0.39, 0.29) is 12.0 Å². The zero-order chi connectivity index (χ0) is 19.8. The molecule has 148 valence electrons. The Balaban J connectivity index is 1.58. The fourth-order valence-corrected chi connectivity index (χ4v) is 2.93. The standard InChI is InChI=1S/C22H25NO5/c1-25-18-10-8-16(21(14-18)26-2)9-11-22(24)23-17-5-3-6-19(13-17)28-15-20-7-4-12-27-20/h3,5-6,8-11,13-14,20H,4,7,12,15H2,1-2H3,(H,23,24)/b11-9+. The first kappa shape index (κ1) is 19.8. The topological polar surface area (TPSA) is 66.0 Å². The van der Waals surface area contributed by atoms with E-state index in [1.54, 1.807) is 32.4 Å². The second kappa shape index (κ2) is 9.80. The van der Waals surface area contributed by atoms with Gasteiger partial charge in [0.25, 0.3) is 0 Å². The Bertz CT molecular complexity index is 827. The average Bonchev–Trinajstić information content (AvgIpc) is 3.24. The van der Waals surface area contributed by atoms with Gasteiger partial charge >= 0.3 is 0 Å². The van der Waals surface area contributed by atoms with E-state index in [2.05, 4.69) is 5.32 Å². The minimum absolute atomic E-state index is 0.153. The van der Waals surface area contributed by atoms with Gasteiger partial charge in [0.2, 0.25) is 5.91 Å². The number of nitrogens with one attached hydrogen (secondary N) is 1. The quantitative estimate of drug-likeness (QED) is 0.700. The van der Waals surface area contributed by atoms with Crippen LogP contribution in [0, 0.1) is 0 Å². The van der Waals surface area contributed by atoms with E-state index in [1.807, 2.05) is 30.3 Å². The molecule has 1 aliphatic rings. The largest absolute Gasteiger partial charge is 0.497 e. The third kappa shape index (κ3) is 5.50. The molecule has 0 radical (unpaired) electrons. The molecule has 1 saturated heterocycles. The van der Waals surface area contributed by atoms with Crippen molar-refractivity contribution in [2.75, 3.05) is 32.8 Å². The molecule has 0 bridgehead atoms. The maximum Gasteiger partial charge on any atom is 0.248 e. The summed E-state index contributed by atoms with van der Waals surface area (Å²) in [6.45, 7) is 1.32. The van der Waals surface area contributed by atoms with Crippen LogP contribution in [-0.4, -0.2) is 39.4 Å². The molecule has 6 heteroatoms. The van der Waals surface area contributed by atoms with Gasteiger partial charge in [0.05, 0.1) is 20.3 Å². The highest BCUT2D eigenvalue weighted by Crippen LogP contribution is 2.25. The van der Waals surface area contributed by atoms with E-state index in [0.29, 0.717) is 29.5 Å². The highest BCUT2D eigenvalue weighted by atomic mass is 16.5. The van der Waals surface area contributed by atoms with Crippen molar-refractivity contribution in [3.05, 3.63) is 54.1 Å². The Morgan fingerprint density at radius 1 is 1.18 bits per heavy atom. The molecule has 0 saturated carbocycles. The molecule has 0 spiro atoms. The zero-order valence-electron chi connectivity index (χ0n) is 16.1. The Morgan fingerprint density at radius 3 is 2.82 bits per heavy atom. The SMILES string of the molecule is COc1ccc(/C=C/C(=O)Nc2cccc(OCC3CCCO3)c2)c(OC)c1. The molecule has 1 fully saturated rings. The van der Waals surface area contributed by atoms with Gasteiger partial charge in [0.1, 0.15) is 23.9 Å². The van der Waals surface area contributed by atoms with Crippen molar-refractivity contribution in [2.24, 2.45) is 0 Å². The molecule has 28 heavy (non-hydrogen) atoms. The molecule has 2 aromatic carbocycles. The van der Waals surface area contributed by atoms with Gasteiger partial charge < -0.3 is 24.3 Å². The van der Waals surface area contributed by atoms with Crippen LogP contribution in [0.5, 0.6) is 17.2 Å². The fourth-order valence-electron chi connectivity index (χ4n) is 2.93. The maximum absolute atomic E-state index is 12.3. The molecule has 0 aromatic heterocycles. The van der Waals surface area contributed by atoms with Crippen LogP contribution in [0.25, 0.3) is 6.08 Å². The van der Waals surface area contributed by atoms with E-state index >= 15 is 0 Å². The summed E-state index contributed by atoms with van der Waals surface area (Å²) in [5.41, 5.74) is 1.45. The molecule has 3 rings (SSSR count). The van der Waals surface area contributed by atoms with Gasteiger partial charge in [-0.3, -0.25) is 4.79 Å². The Morgan fingerprint density at radius 2 is 2.07 bits per heavy atom. The lowest BCUT2D eigenvalue weighted by molar-refractivity contribution is -0.111. The first-order chi connectivity index (χ1) is 13.7. The van der Waals surface area contributed by atoms with Crippen molar-refractivity contribution < 1.29 is 23.7 Å². The van der Waals surface area contributed by atoms with Crippen molar-refractivity contribution in [1.82, 2.24) is 0 Å². The number of benzene rings is 2. The average molecular weight is 383 g/mol. The van der Waals surface area contributed by atoms with Crippen LogP contribution in [0.1, 0.15) is 18.4 Å². The summed E-state index contributed by atoms with van der Waals surface area (Å²) >= 11 is 0. The monoisotopic (exact) mass is 383 g/mol. The molecule has 1 N–H and O–H groups in total. The summed E-state index contributed by atoms with van der Waals surface area (Å²) in [5.74, 6) is 1.79. The van der Waals surface area contributed by atoms with Gasteiger partial charge in [0.15, 0.2) is 0 Å². The van der Waals surface area contributed by atoms with Gasteiger partial charge in [-0.2, -0.15) is 0 Å². The molecule has 1 heterocycles. The Kier molecular flexibility index (Phi) is 6.92. The number of methoxy groups -OCH3 is 2. The highest BCUT2D eigenvalue weighted by Gasteiger charge is 2.16. The van der Waals surface area contributed by atoms with Crippen molar-refractivity contribution in [3.63, 3.8) is 0 Å². The predicted molar refractivity (Wildman–Crippen MR) is 108 cm³/mol. The first-order valence-corrected chi connectivity index (χ1v) is 9.23. The second-order valence-corrected chi connectivity index (χ2v) is 6.40. The summed E-state index contributed by atoms with van der Waals surface area (Å²) in [6, 6.07) is 12.7. The minimum atomic E-state index is -0.242. The van der Waals surface area contributed by atoms with Crippen LogP contribution in [0.2, 0.25) is 0 Å². The van der Waals surface area contributed by atoms with Crippen LogP contribution in [0.4, 0.5) is 5.69 Å². The number of anilines is 1. The molecule has 1 atom stereocenters. The van der Waals surface area contributed by atoms with Gasteiger partial charge in [-0.25, -0.2) is 0 Å². The van der Waals surface area contributed by atoms with Crippen molar-refractivity contribution in [2.45, 2.75) is 18.9 Å². The summed E-state index contributed by atoms with van der Waals surface area (Å²) in [7, 11) is 3.17. The summed E-state index contributed by atoms with van der Waals surface area (Å²) in [5, 5.41) is 2.84. The minimum Gasteiger partial charge on any atom is -0.497 e. The van der Waals surface area contributed by atoms with E-state index < -0.39 is 0 Å². The fraction of sp³-hybridized carbons (Fsp3) is 0.318. The second-order valence-electron chi connectivity index (χ2n) is 6.40. The molecule has 1 aliphatic heterocycles. The van der Waals surface area contributed by atoms with Gasteiger partial charge in [0, 0.05) is 36.1 Å². The van der Waals surface area contributed by atoms with Crippen LogP contribution >= 0.6 is 0 Å². The highest BCUT2D eigenvalue weighted by molar-refractivity contribution is 6.02. The number of carbonyl (C=O) groups excluding carboxylic acids is 1. The predicted octanol–water partition coefficient (Wildman–Crippen LogP) is 3.91. The number of carbonyl (C=O) groups is 1. The van der Waals surface area contributed by atoms with E-state index in [1.165, 1.54) is 6.08 Å². The molecule has 1 amide bonds. The molecule has 6 nitrogen and oxygen atoms in total. The number of rotatable bonds is 8. The van der Waals surface area contributed by atoms with E-state index in [4.69, 9.17) is 18.9 Å². The lowest BCUT2D eigenvalue weighted by Crippen LogP contribution is -2.16. The van der Waals surface area contributed by atoms with Crippen molar-refractivity contribution in [1.29, 1.82) is 0 Å². The number of ether oxygens (including phenoxy) is 4. The Hall–Kier alpha value is -2.99. The van der Waals surface area contributed by atoms with Crippen LogP contribution in [0.3, 0.4) is 0 Å². The van der Waals surface area contributed by atoms with Crippen LogP contribution in [0.15, 0.2) is 48.5 Å². The third-order valence-corrected chi connectivity index (χ3v) is 4.42. The van der Waals surface area contributed by atoms with Crippen molar-refractivity contribution >= 4 is 17.7 Å². The molecule has 1 unspecified atom stereocenters. The number of hydrogen-bond donors (Lipinski definition) is 1. The Labute approximate surface area is 165 Å². The van der Waals surface area contributed by atoms with E-state index in [0.717, 1.165) is 25.0 Å². The molecule has 0 aliphatic carbocycles. The maximum atomic E-state index is 12.3. The van der Waals surface area contributed by atoms with Crippen LogP contribution in [-0.2, 0) is 9.53 Å². The normalized spacial score (nSPS) is 16.1. The van der Waals surface area contributed by atoms with Gasteiger partial charge in [-0.15, -0.1) is 0 Å². The molecular weight excluding hydrogens is 358 g/mol. The third-order valence-electron chi connectivity index (χ3n) is 4.42. The van der Waals surface area contributed by atoms with Crippen molar-refractivity contribution in [3.8, 4) is 17.2 Å². The molecule has 2 aromatic rings. The molecular formula is C22H25NO5. The summed E-state index contributed by atoms with van der Waals surface area (Å²) < 4.78 is 21.8. The number of amides is 1. The van der Waals surface area contributed by atoms with Gasteiger partial charge in [-0.1, -0.05) is 6.07 Å². The first-order valence-electron chi connectivity index (χ1n) is 9.23.